The Labute approximate surface area is 126 Å². The Morgan fingerprint density at radius 3 is 2.10 bits per heavy atom. The van der Waals surface area contributed by atoms with Gasteiger partial charge in [-0.2, -0.15) is 0 Å². The molecular formula is C14H23ClN2O2S. The zero-order valence-corrected chi connectivity index (χ0v) is 14.0. The third-order valence-electron chi connectivity index (χ3n) is 3.95. The molecule has 0 aliphatic rings. The van der Waals surface area contributed by atoms with E-state index >= 15 is 0 Å². The van der Waals surface area contributed by atoms with Gasteiger partial charge in [0.25, 0.3) is 0 Å². The van der Waals surface area contributed by atoms with Crippen molar-refractivity contribution in [3.8, 4) is 0 Å². The van der Waals surface area contributed by atoms with Crippen molar-refractivity contribution in [1.29, 1.82) is 0 Å². The van der Waals surface area contributed by atoms with Crippen LogP contribution in [0.25, 0.3) is 0 Å². The maximum absolute atomic E-state index is 12.5. The van der Waals surface area contributed by atoms with Crippen LogP contribution in [0.1, 0.15) is 45.6 Å². The maximum Gasteiger partial charge on any atom is 0.241 e. The monoisotopic (exact) mass is 318 g/mol. The SMILES string of the molecule is CCC(CC)(CC)NS(=O)(=O)c1cc(C)c(Cl)c(N)c1. The molecule has 1 aromatic carbocycles. The minimum atomic E-state index is -3.60. The molecule has 4 nitrogen and oxygen atoms in total. The predicted molar refractivity (Wildman–Crippen MR) is 84.5 cm³/mol. The third-order valence-corrected chi connectivity index (χ3v) is 6.02. The average Bonchev–Trinajstić information content (AvgIpc) is 2.41. The summed E-state index contributed by atoms with van der Waals surface area (Å²) < 4.78 is 27.9. The van der Waals surface area contributed by atoms with E-state index in [1.807, 2.05) is 20.8 Å². The molecule has 0 spiro atoms. The molecule has 1 aromatic rings. The Hall–Kier alpha value is -0.780. The van der Waals surface area contributed by atoms with Crippen LogP contribution in [0.5, 0.6) is 0 Å². The van der Waals surface area contributed by atoms with Gasteiger partial charge in [-0.15, -0.1) is 0 Å². The molecule has 0 atom stereocenters. The standard InChI is InChI=1S/C14H23ClN2O2S/c1-5-14(6-2,7-3)17-20(18,19)11-8-10(4)13(15)12(16)9-11/h8-9,17H,5-7,16H2,1-4H3. The summed E-state index contributed by atoms with van der Waals surface area (Å²) >= 11 is 5.97. The summed E-state index contributed by atoms with van der Waals surface area (Å²) in [4.78, 5) is 0.164. The normalized spacial score (nSPS) is 12.7. The van der Waals surface area contributed by atoms with Gasteiger partial charge < -0.3 is 5.73 Å². The number of rotatable bonds is 6. The van der Waals surface area contributed by atoms with Crippen LogP contribution in [0.2, 0.25) is 5.02 Å². The molecule has 3 N–H and O–H groups in total. The fraction of sp³-hybridized carbons (Fsp3) is 0.571. The fourth-order valence-electron chi connectivity index (χ4n) is 2.23. The first-order chi connectivity index (χ1) is 9.21. The quantitative estimate of drug-likeness (QED) is 0.789. The second-order valence-electron chi connectivity index (χ2n) is 5.09. The number of nitrogens with one attached hydrogen (secondary N) is 1. The third kappa shape index (κ3) is 3.45. The largest absolute Gasteiger partial charge is 0.397 e. The molecule has 0 unspecified atom stereocenters. The summed E-state index contributed by atoms with van der Waals surface area (Å²) in [5, 5.41) is 0.400. The molecule has 20 heavy (non-hydrogen) atoms. The van der Waals surface area contributed by atoms with Crippen LogP contribution in [0.3, 0.4) is 0 Å². The molecule has 0 radical (unpaired) electrons. The zero-order valence-electron chi connectivity index (χ0n) is 12.5. The summed E-state index contributed by atoms with van der Waals surface area (Å²) in [6, 6.07) is 2.95. The smallest absolute Gasteiger partial charge is 0.241 e. The molecule has 0 fully saturated rings. The molecule has 0 amide bonds. The van der Waals surface area contributed by atoms with Gasteiger partial charge in [0, 0.05) is 5.54 Å². The van der Waals surface area contributed by atoms with Gasteiger partial charge in [0.1, 0.15) is 0 Å². The Morgan fingerprint density at radius 2 is 1.70 bits per heavy atom. The molecular weight excluding hydrogens is 296 g/mol. The van der Waals surface area contributed by atoms with Gasteiger partial charge in [0.05, 0.1) is 15.6 Å². The highest BCUT2D eigenvalue weighted by Gasteiger charge is 2.30. The van der Waals surface area contributed by atoms with Gasteiger partial charge in [-0.25, -0.2) is 13.1 Å². The van der Waals surface area contributed by atoms with E-state index in [2.05, 4.69) is 4.72 Å². The highest BCUT2D eigenvalue weighted by molar-refractivity contribution is 7.89. The minimum Gasteiger partial charge on any atom is -0.397 e. The number of nitrogens with two attached hydrogens (primary N) is 1. The van der Waals surface area contributed by atoms with E-state index in [9.17, 15) is 8.42 Å². The van der Waals surface area contributed by atoms with E-state index in [0.717, 1.165) is 19.3 Å². The predicted octanol–water partition coefficient (Wildman–Crippen LogP) is 3.48. The topological polar surface area (TPSA) is 72.2 Å². The first-order valence-electron chi connectivity index (χ1n) is 6.81. The summed E-state index contributed by atoms with van der Waals surface area (Å²) in [7, 11) is -3.60. The van der Waals surface area contributed by atoms with Crippen molar-refractivity contribution in [2.24, 2.45) is 0 Å². The van der Waals surface area contributed by atoms with Gasteiger partial charge >= 0.3 is 0 Å². The fourth-order valence-corrected chi connectivity index (χ4v) is 4.07. The number of sulfonamides is 1. The van der Waals surface area contributed by atoms with Gasteiger partial charge in [0.15, 0.2) is 0 Å². The average molecular weight is 319 g/mol. The van der Waals surface area contributed by atoms with Crippen LogP contribution in [-0.2, 0) is 10.0 Å². The summed E-state index contributed by atoms with van der Waals surface area (Å²) in [5.74, 6) is 0. The molecule has 0 saturated carbocycles. The lowest BCUT2D eigenvalue weighted by atomic mass is 9.91. The van der Waals surface area contributed by atoms with Crippen LogP contribution in [0, 0.1) is 6.92 Å². The second-order valence-corrected chi connectivity index (χ2v) is 7.15. The Balaban J connectivity index is 3.24. The van der Waals surface area contributed by atoms with Gasteiger partial charge in [-0.05, 0) is 43.9 Å². The summed E-state index contributed by atoms with van der Waals surface area (Å²) in [5.41, 5.74) is 6.27. The molecule has 0 saturated heterocycles. The Bertz CT molecular complexity index is 550. The van der Waals surface area contributed by atoms with Crippen LogP contribution in [-0.4, -0.2) is 14.0 Å². The molecule has 0 aliphatic carbocycles. The first-order valence-corrected chi connectivity index (χ1v) is 8.67. The Morgan fingerprint density at radius 1 is 1.20 bits per heavy atom. The molecule has 0 aliphatic heterocycles. The lowest BCUT2D eigenvalue weighted by Crippen LogP contribution is -2.46. The van der Waals surface area contributed by atoms with Crippen molar-refractivity contribution in [3.05, 3.63) is 22.7 Å². The van der Waals surface area contributed by atoms with E-state index in [4.69, 9.17) is 17.3 Å². The van der Waals surface area contributed by atoms with Crippen molar-refractivity contribution in [2.75, 3.05) is 5.73 Å². The number of halogens is 1. The maximum atomic E-state index is 12.5. The molecule has 0 bridgehead atoms. The number of aryl methyl sites for hydroxylation is 1. The van der Waals surface area contributed by atoms with Crippen molar-refractivity contribution in [1.82, 2.24) is 4.72 Å². The Kier molecular flexibility index (Phi) is 5.46. The van der Waals surface area contributed by atoms with Gasteiger partial charge in [0.2, 0.25) is 10.0 Å². The molecule has 114 valence electrons. The molecule has 0 heterocycles. The highest BCUT2D eigenvalue weighted by atomic mass is 35.5. The lowest BCUT2D eigenvalue weighted by Gasteiger charge is -2.31. The van der Waals surface area contributed by atoms with Crippen LogP contribution >= 0.6 is 11.6 Å². The van der Waals surface area contributed by atoms with Crippen molar-refractivity contribution >= 4 is 27.3 Å². The summed E-state index contributed by atoms with van der Waals surface area (Å²) in [6.07, 6.45) is 2.21. The lowest BCUT2D eigenvalue weighted by molar-refractivity contribution is 0.341. The molecule has 6 heteroatoms. The van der Waals surface area contributed by atoms with E-state index in [-0.39, 0.29) is 10.6 Å². The van der Waals surface area contributed by atoms with Crippen molar-refractivity contribution in [2.45, 2.75) is 57.4 Å². The summed E-state index contributed by atoms with van der Waals surface area (Å²) in [6.45, 7) is 7.69. The molecule has 1 rings (SSSR count). The van der Waals surface area contributed by atoms with E-state index in [1.165, 1.54) is 6.07 Å². The number of hydrogen-bond acceptors (Lipinski definition) is 3. The van der Waals surface area contributed by atoms with Crippen molar-refractivity contribution in [3.63, 3.8) is 0 Å². The number of benzene rings is 1. The van der Waals surface area contributed by atoms with E-state index in [1.54, 1.807) is 13.0 Å². The number of hydrogen-bond donors (Lipinski definition) is 2. The van der Waals surface area contributed by atoms with Crippen molar-refractivity contribution < 1.29 is 8.42 Å². The van der Waals surface area contributed by atoms with Crippen LogP contribution < -0.4 is 10.5 Å². The second kappa shape index (κ2) is 6.33. The van der Waals surface area contributed by atoms with E-state index in [0.29, 0.717) is 10.6 Å². The van der Waals surface area contributed by atoms with Gasteiger partial charge in [-0.3, -0.25) is 0 Å². The zero-order chi connectivity index (χ0) is 15.6. The van der Waals surface area contributed by atoms with Gasteiger partial charge in [-0.1, -0.05) is 32.4 Å². The van der Waals surface area contributed by atoms with Crippen LogP contribution in [0.15, 0.2) is 17.0 Å². The number of nitrogen functional groups attached to an aromatic ring is 1. The first kappa shape index (κ1) is 17.3. The minimum absolute atomic E-state index is 0.164. The highest BCUT2D eigenvalue weighted by Crippen LogP contribution is 2.28. The molecule has 0 aromatic heterocycles. The number of anilines is 1. The van der Waals surface area contributed by atoms with E-state index < -0.39 is 15.6 Å². The van der Waals surface area contributed by atoms with Crippen LogP contribution in [0.4, 0.5) is 5.69 Å².